The summed E-state index contributed by atoms with van der Waals surface area (Å²) in [5.41, 5.74) is 0.739. The summed E-state index contributed by atoms with van der Waals surface area (Å²) < 4.78 is 11.2. The van der Waals surface area contributed by atoms with Crippen LogP contribution in [0.1, 0.15) is 6.42 Å². The Hall–Kier alpha value is -3.00. The standard InChI is InChI=1S/C22H23ClN4O4/c23-16-1-4-20(24-13-16)25-5-7-26(8-6-25)22(29)15-11-21(28)27(14-15)17-2-3-18-19(12-17)31-10-9-30-18/h1-4,12-13,15H,5-11,14H2. The number of carbonyl (C=O) groups is 2. The first-order valence-corrected chi connectivity index (χ1v) is 10.8. The number of hydrogen-bond acceptors (Lipinski definition) is 6. The molecule has 8 nitrogen and oxygen atoms in total. The maximum Gasteiger partial charge on any atom is 0.228 e. The number of anilines is 2. The predicted molar refractivity (Wildman–Crippen MR) is 116 cm³/mol. The highest BCUT2D eigenvalue weighted by Gasteiger charge is 2.38. The average Bonchev–Trinajstić information content (AvgIpc) is 3.20. The van der Waals surface area contributed by atoms with Gasteiger partial charge in [0, 0.05) is 57.1 Å². The molecule has 9 heteroatoms. The van der Waals surface area contributed by atoms with Crippen LogP contribution >= 0.6 is 11.6 Å². The lowest BCUT2D eigenvalue weighted by Crippen LogP contribution is -2.51. The number of ether oxygens (including phenoxy) is 2. The number of benzene rings is 1. The van der Waals surface area contributed by atoms with E-state index in [0.29, 0.717) is 62.5 Å². The summed E-state index contributed by atoms with van der Waals surface area (Å²) in [4.78, 5) is 35.8. The number of rotatable bonds is 3. The van der Waals surface area contributed by atoms with Crippen LogP contribution in [-0.2, 0) is 9.59 Å². The van der Waals surface area contributed by atoms with Crippen molar-refractivity contribution in [1.29, 1.82) is 0 Å². The Bertz CT molecular complexity index is 992. The Labute approximate surface area is 185 Å². The highest BCUT2D eigenvalue weighted by Crippen LogP contribution is 2.36. The maximum absolute atomic E-state index is 13.1. The van der Waals surface area contributed by atoms with Crippen LogP contribution in [-0.4, -0.2) is 67.6 Å². The van der Waals surface area contributed by atoms with Gasteiger partial charge in [0.2, 0.25) is 11.8 Å². The van der Waals surface area contributed by atoms with Gasteiger partial charge in [0.05, 0.1) is 10.9 Å². The Kier molecular flexibility index (Phi) is 5.31. The summed E-state index contributed by atoms with van der Waals surface area (Å²) in [6.45, 7) is 4.02. The molecule has 1 atom stereocenters. The molecular weight excluding hydrogens is 420 g/mol. The molecule has 0 N–H and O–H groups in total. The largest absolute Gasteiger partial charge is 0.486 e. The first-order valence-electron chi connectivity index (χ1n) is 10.4. The Morgan fingerprint density at radius 2 is 1.81 bits per heavy atom. The number of fused-ring (bicyclic) bond motifs is 1. The number of pyridine rings is 1. The lowest BCUT2D eigenvalue weighted by atomic mass is 10.1. The summed E-state index contributed by atoms with van der Waals surface area (Å²) in [6, 6.07) is 9.18. The van der Waals surface area contributed by atoms with E-state index in [0.717, 1.165) is 11.5 Å². The number of nitrogens with zero attached hydrogens (tertiary/aromatic N) is 4. The maximum atomic E-state index is 13.1. The molecular formula is C22H23ClN4O4. The second-order valence-electron chi connectivity index (χ2n) is 7.88. The minimum absolute atomic E-state index is 0.0390. The van der Waals surface area contributed by atoms with Gasteiger partial charge in [-0.3, -0.25) is 9.59 Å². The van der Waals surface area contributed by atoms with Crippen molar-refractivity contribution in [3.05, 3.63) is 41.6 Å². The molecule has 0 spiro atoms. The predicted octanol–water partition coefficient (Wildman–Crippen LogP) is 2.21. The average molecular weight is 443 g/mol. The highest BCUT2D eigenvalue weighted by molar-refractivity contribution is 6.30. The highest BCUT2D eigenvalue weighted by atomic mass is 35.5. The van der Waals surface area contributed by atoms with Crippen molar-refractivity contribution >= 4 is 34.9 Å². The van der Waals surface area contributed by atoms with Crippen molar-refractivity contribution in [2.24, 2.45) is 5.92 Å². The van der Waals surface area contributed by atoms with Gasteiger partial charge < -0.3 is 24.2 Å². The SMILES string of the molecule is O=C(C1CC(=O)N(c2ccc3c(c2)OCCO3)C1)N1CCN(c2ccc(Cl)cn2)CC1. The molecule has 5 rings (SSSR count). The van der Waals surface area contributed by atoms with Crippen LogP contribution in [0.25, 0.3) is 0 Å². The summed E-state index contributed by atoms with van der Waals surface area (Å²) in [5.74, 6) is 1.84. The van der Waals surface area contributed by atoms with E-state index in [1.54, 1.807) is 11.1 Å². The zero-order valence-corrected chi connectivity index (χ0v) is 17.8. The molecule has 2 amide bonds. The van der Waals surface area contributed by atoms with Gasteiger partial charge in [-0.1, -0.05) is 11.6 Å². The smallest absolute Gasteiger partial charge is 0.228 e. The van der Waals surface area contributed by atoms with Crippen LogP contribution in [0.2, 0.25) is 5.02 Å². The first-order chi connectivity index (χ1) is 15.1. The minimum Gasteiger partial charge on any atom is -0.486 e. The van der Waals surface area contributed by atoms with Crippen molar-refractivity contribution in [2.75, 3.05) is 55.7 Å². The second kappa shape index (κ2) is 8.26. The molecule has 0 saturated carbocycles. The molecule has 1 unspecified atom stereocenters. The second-order valence-corrected chi connectivity index (χ2v) is 8.32. The molecule has 31 heavy (non-hydrogen) atoms. The fourth-order valence-corrected chi connectivity index (χ4v) is 4.40. The molecule has 2 aromatic rings. The van der Waals surface area contributed by atoms with E-state index in [1.165, 1.54) is 0 Å². The number of aromatic nitrogens is 1. The third-order valence-electron chi connectivity index (χ3n) is 5.94. The van der Waals surface area contributed by atoms with E-state index < -0.39 is 0 Å². The number of piperazine rings is 1. The van der Waals surface area contributed by atoms with Gasteiger partial charge in [-0.15, -0.1) is 0 Å². The van der Waals surface area contributed by atoms with E-state index in [9.17, 15) is 9.59 Å². The normalized spacial score (nSPS) is 20.9. The van der Waals surface area contributed by atoms with E-state index in [2.05, 4.69) is 9.88 Å². The van der Waals surface area contributed by atoms with Crippen molar-refractivity contribution < 1.29 is 19.1 Å². The van der Waals surface area contributed by atoms with Crippen LogP contribution in [0.15, 0.2) is 36.5 Å². The van der Waals surface area contributed by atoms with Gasteiger partial charge in [0.15, 0.2) is 11.5 Å². The third-order valence-corrected chi connectivity index (χ3v) is 6.16. The van der Waals surface area contributed by atoms with Crippen LogP contribution in [0.4, 0.5) is 11.5 Å². The van der Waals surface area contributed by atoms with E-state index in [4.69, 9.17) is 21.1 Å². The van der Waals surface area contributed by atoms with Gasteiger partial charge in [-0.2, -0.15) is 0 Å². The van der Waals surface area contributed by atoms with Gasteiger partial charge in [-0.05, 0) is 24.3 Å². The summed E-state index contributed by atoms with van der Waals surface area (Å²) in [7, 11) is 0. The monoisotopic (exact) mass is 442 g/mol. The van der Waals surface area contributed by atoms with E-state index in [-0.39, 0.29) is 24.2 Å². The van der Waals surface area contributed by atoms with Crippen molar-refractivity contribution in [1.82, 2.24) is 9.88 Å². The summed E-state index contributed by atoms with van der Waals surface area (Å²) >= 11 is 5.91. The van der Waals surface area contributed by atoms with Gasteiger partial charge in [0.25, 0.3) is 0 Å². The molecule has 0 bridgehead atoms. The first kappa shape index (κ1) is 19.9. The van der Waals surface area contributed by atoms with Gasteiger partial charge in [0.1, 0.15) is 19.0 Å². The van der Waals surface area contributed by atoms with Gasteiger partial charge in [-0.25, -0.2) is 4.98 Å². The lowest BCUT2D eigenvalue weighted by Gasteiger charge is -2.36. The quantitative estimate of drug-likeness (QED) is 0.725. The van der Waals surface area contributed by atoms with Crippen LogP contribution in [0.3, 0.4) is 0 Å². The molecule has 0 radical (unpaired) electrons. The zero-order chi connectivity index (χ0) is 21.4. The third kappa shape index (κ3) is 3.99. The van der Waals surface area contributed by atoms with Crippen LogP contribution in [0.5, 0.6) is 11.5 Å². The van der Waals surface area contributed by atoms with Crippen LogP contribution in [0, 0.1) is 5.92 Å². The van der Waals surface area contributed by atoms with Crippen LogP contribution < -0.4 is 19.3 Å². The molecule has 2 saturated heterocycles. The number of halogens is 1. The van der Waals surface area contributed by atoms with E-state index in [1.807, 2.05) is 35.2 Å². The van der Waals surface area contributed by atoms with Gasteiger partial charge >= 0.3 is 0 Å². The number of amides is 2. The Morgan fingerprint density at radius 1 is 1.03 bits per heavy atom. The minimum atomic E-state index is -0.332. The fraction of sp³-hybridized carbons (Fsp3) is 0.409. The molecule has 1 aromatic carbocycles. The molecule has 162 valence electrons. The van der Waals surface area contributed by atoms with E-state index >= 15 is 0 Å². The molecule has 3 aliphatic heterocycles. The lowest BCUT2D eigenvalue weighted by molar-refractivity contribution is -0.136. The fourth-order valence-electron chi connectivity index (χ4n) is 4.29. The molecule has 1 aromatic heterocycles. The molecule has 2 fully saturated rings. The summed E-state index contributed by atoms with van der Waals surface area (Å²) in [5, 5.41) is 0.603. The summed E-state index contributed by atoms with van der Waals surface area (Å²) in [6.07, 6.45) is 1.86. The van der Waals surface area contributed by atoms with Crippen molar-refractivity contribution in [3.8, 4) is 11.5 Å². The molecule has 3 aliphatic rings. The number of carbonyl (C=O) groups excluding carboxylic acids is 2. The topological polar surface area (TPSA) is 75.2 Å². The Morgan fingerprint density at radius 3 is 2.55 bits per heavy atom. The zero-order valence-electron chi connectivity index (χ0n) is 17.0. The molecule has 4 heterocycles. The number of hydrogen-bond donors (Lipinski definition) is 0. The van der Waals surface area contributed by atoms with Crippen molar-refractivity contribution in [2.45, 2.75) is 6.42 Å². The van der Waals surface area contributed by atoms with Crippen molar-refractivity contribution in [3.63, 3.8) is 0 Å². The molecule has 0 aliphatic carbocycles. The Balaban J connectivity index is 1.21.